The largest absolute Gasteiger partial charge is 0.488 e. The molecule has 2 N–H and O–H groups in total. The van der Waals surface area contributed by atoms with E-state index >= 15 is 0 Å². The Hall–Kier alpha value is -5.34. The number of hydrogen-bond acceptors (Lipinski definition) is 6. The highest BCUT2D eigenvalue weighted by atomic mass is 32.1. The summed E-state index contributed by atoms with van der Waals surface area (Å²) in [5.74, 6) is -0.0298. The van der Waals surface area contributed by atoms with E-state index in [9.17, 15) is 9.18 Å². The molecule has 6 aromatic rings. The first-order valence-corrected chi connectivity index (χ1v) is 14.5. The number of aryl methyl sites for hydroxylation is 1. The topological polar surface area (TPSA) is 75.6 Å². The van der Waals surface area contributed by atoms with Gasteiger partial charge >= 0.3 is 0 Å². The highest BCUT2D eigenvalue weighted by Gasteiger charge is 2.10. The monoisotopic (exact) mass is 586 g/mol. The van der Waals surface area contributed by atoms with E-state index in [2.05, 4.69) is 39.9 Å². The number of ether oxygens (including phenoxy) is 1. The fraction of sp³-hybridized carbons (Fsp3) is 0.0571. The van der Waals surface area contributed by atoms with Crippen LogP contribution < -0.4 is 15.5 Å². The number of halogens is 1. The molecule has 0 aliphatic carbocycles. The molecule has 0 bridgehead atoms. The third-order valence-corrected chi connectivity index (χ3v) is 7.61. The summed E-state index contributed by atoms with van der Waals surface area (Å²) in [5, 5.41) is 12.3. The average Bonchev–Trinajstić information content (AvgIpc) is 3.51. The molecule has 212 valence electrons. The lowest BCUT2D eigenvalue weighted by atomic mass is 10.0. The minimum absolute atomic E-state index is 0.265. The van der Waals surface area contributed by atoms with Gasteiger partial charge in [-0.2, -0.15) is 5.10 Å². The van der Waals surface area contributed by atoms with Crippen LogP contribution in [-0.4, -0.2) is 17.1 Å². The zero-order valence-corrected chi connectivity index (χ0v) is 24.1. The Morgan fingerprint density at radius 3 is 2.49 bits per heavy atom. The van der Waals surface area contributed by atoms with Crippen molar-refractivity contribution in [1.82, 2.24) is 10.4 Å². The van der Waals surface area contributed by atoms with E-state index in [0.717, 1.165) is 44.0 Å². The van der Waals surface area contributed by atoms with Crippen LogP contribution in [0.15, 0.2) is 120 Å². The predicted octanol–water partition coefficient (Wildman–Crippen LogP) is 8.50. The Labute approximate surface area is 252 Å². The second-order valence-corrected chi connectivity index (χ2v) is 10.8. The van der Waals surface area contributed by atoms with Crippen LogP contribution in [0.2, 0.25) is 0 Å². The Bertz CT molecular complexity index is 1900. The first-order chi connectivity index (χ1) is 21.0. The van der Waals surface area contributed by atoms with E-state index in [1.807, 2.05) is 66.0 Å². The summed E-state index contributed by atoms with van der Waals surface area (Å²) >= 11 is 1.52. The average molecular weight is 587 g/mol. The first-order valence-electron chi connectivity index (χ1n) is 13.6. The fourth-order valence-electron chi connectivity index (χ4n) is 4.51. The van der Waals surface area contributed by atoms with Gasteiger partial charge in [-0.3, -0.25) is 4.79 Å². The van der Waals surface area contributed by atoms with Gasteiger partial charge in [0.1, 0.15) is 18.2 Å². The zero-order valence-electron chi connectivity index (χ0n) is 23.3. The van der Waals surface area contributed by atoms with Crippen LogP contribution in [0.4, 0.5) is 15.2 Å². The highest BCUT2D eigenvalue weighted by molar-refractivity contribution is 7.14. The van der Waals surface area contributed by atoms with Crippen LogP contribution in [0.3, 0.4) is 0 Å². The smallest absolute Gasteiger partial charge is 0.271 e. The van der Waals surface area contributed by atoms with Crippen molar-refractivity contribution in [2.45, 2.75) is 13.5 Å². The van der Waals surface area contributed by atoms with Crippen LogP contribution in [-0.2, 0) is 6.61 Å². The van der Waals surface area contributed by atoms with Crippen molar-refractivity contribution >= 4 is 45.0 Å². The van der Waals surface area contributed by atoms with E-state index in [1.54, 1.807) is 30.5 Å². The fourth-order valence-corrected chi connectivity index (χ4v) is 5.25. The molecular formula is C35H27FN4O2S. The second-order valence-electron chi connectivity index (χ2n) is 9.92. The van der Waals surface area contributed by atoms with Crippen molar-refractivity contribution in [3.63, 3.8) is 0 Å². The van der Waals surface area contributed by atoms with Gasteiger partial charge in [0.15, 0.2) is 5.13 Å². The SMILES string of the molecule is Cc1ccc(Nc2nc(-c3ccc(C(=O)N/N=C\c4c(OCc5ccc(F)cc5)ccc5ccccc45)cc3)cs2)cc1. The number of fused-ring (bicyclic) bond motifs is 1. The van der Waals surface area contributed by atoms with E-state index < -0.39 is 0 Å². The number of nitrogens with one attached hydrogen (secondary N) is 2. The maximum Gasteiger partial charge on any atom is 0.271 e. The van der Waals surface area contributed by atoms with Crippen LogP contribution >= 0.6 is 11.3 Å². The minimum Gasteiger partial charge on any atom is -0.488 e. The van der Waals surface area contributed by atoms with Crippen molar-refractivity contribution in [2.75, 3.05) is 5.32 Å². The lowest BCUT2D eigenvalue weighted by Gasteiger charge is -2.12. The summed E-state index contributed by atoms with van der Waals surface area (Å²) in [6, 6.07) is 33.3. The third-order valence-electron chi connectivity index (χ3n) is 6.85. The molecule has 0 unspecified atom stereocenters. The Balaban J connectivity index is 1.13. The molecule has 0 saturated carbocycles. The lowest BCUT2D eigenvalue weighted by Crippen LogP contribution is -2.17. The molecule has 6 rings (SSSR count). The number of carbonyl (C=O) groups is 1. The molecule has 6 nitrogen and oxygen atoms in total. The number of hydrogen-bond donors (Lipinski definition) is 2. The number of hydrazone groups is 1. The maximum atomic E-state index is 13.3. The molecule has 0 spiro atoms. The Morgan fingerprint density at radius 1 is 0.930 bits per heavy atom. The van der Waals surface area contributed by atoms with Gasteiger partial charge in [0.2, 0.25) is 0 Å². The molecular weight excluding hydrogens is 559 g/mol. The number of carbonyl (C=O) groups excluding carboxylic acids is 1. The summed E-state index contributed by atoms with van der Waals surface area (Å²) in [7, 11) is 0. The number of rotatable bonds is 9. The molecule has 0 atom stereocenters. The van der Waals surface area contributed by atoms with Crippen LogP contribution in [0, 0.1) is 12.7 Å². The van der Waals surface area contributed by atoms with Crippen LogP contribution in [0.25, 0.3) is 22.0 Å². The van der Waals surface area contributed by atoms with Gasteiger partial charge in [0.05, 0.1) is 11.9 Å². The number of thiazole rings is 1. The number of amides is 1. The maximum absolute atomic E-state index is 13.3. The van der Waals surface area contributed by atoms with Crippen molar-refractivity contribution < 1.29 is 13.9 Å². The van der Waals surface area contributed by atoms with E-state index in [-0.39, 0.29) is 18.3 Å². The summed E-state index contributed by atoms with van der Waals surface area (Å²) in [6.07, 6.45) is 1.59. The molecule has 5 aromatic carbocycles. The molecule has 0 radical (unpaired) electrons. The van der Waals surface area contributed by atoms with Crippen molar-refractivity contribution in [1.29, 1.82) is 0 Å². The van der Waals surface area contributed by atoms with E-state index in [0.29, 0.717) is 11.3 Å². The van der Waals surface area contributed by atoms with Gasteiger partial charge in [-0.25, -0.2) is 14.8 Å². The van der Waals surface area contributed by atoms with E-state index in [1.165, 1.54) is 29.0 Å². The van der Waals surface area contributed by atoms with Crippen molar-refractivity contribution in [3.05, 3.63) is 143 Å². The molecule has 8 heteroatoms. The van der Waals surface area contributed by atoms with Gasteiger partial charge in [-0.1, -0.05) is 72.3 Å². The summed E-state index contributed by atoms with van der Waals surface area (Å²) in [6.45, 7) is 2.32. The molecule has 0 aliphatic heterocycles. The zero-order chi connectivity index (χ0) is 29.6. The summed E-state index contributed by atoms with van der Waals surface area (Å²) in [5.41, 5.74) is 8.58. The number of aromatic nitrogens is 1. The van der Waals surface area contributed by atoms with Gasteiger partial charge in [-0.15, -0.1) is 11.3 Å². The molecule has 0 saturated heterocycles. The van der Waals surface area contributed by atoms with Crippen LogP contribution in [0.5, 0.6) is 5.75 Å². The Kier molecular flexibility index (Phi) is 8.19. The minimum atomic E-state index is -0.336. The molecule has 1 aromatic heterocycles. The third kappa shape index (κ3) is 6.77. The number of benzene rings is 5. The standard InChI is InChI=1S/C35H27FN4O2S/c1-23-6-17-29(18-7-23)38-35-39-32(22-43-35)26-10-12-27(13-11-26)34(41)40-37-20-31-30-5-3-2-4-25(30)14-19-33(31)42-21-24-8-15-28(36)16-9-24/h2-20,22H,21H2,1H3,(H,38,39)(H,40,41)/b37-20-. The van der Waals surface area contributed by atoms with Gasteiger partial charge < -0.3 is 10.1 Å². The van der Waals surface area contributed by atoms with Crippen LogP contribution in [0.1, 0.15) is 27.0 Å². The summed E-state index contributed by atoms with van der Waals surface area (Å²) < 4.78 is 19.4. The Morgan fingerprint density at radius 2 is 1.70 bits per heavy atom. The number of nitrogens with zero attached hydrogens (tertiary/aromatic N) is 2. The second kappa shape index (κ2) is 12.7. The highest BCUT2D eigenvalue weighted by Crippen LogP contribution is 2.29. The normalized spacial score (nSPS) is 11.1. The molecule has 0 aliphatic rings. The van der Waals surface area contributed by atoms with Crippen molar-refractivity contribution in [3.8, 4) is 17.0 Å². The molecule has 1 amide bonds. The molecule has 1 heterocycles. The van der Waals surface area contributed by atoms with Gasteiger partial charge in [0.25, 0.3) is 5.91 Å². The predicted molar refractivity (Wildman–Crippen MR) is 172 cm³/mol. The summed E-state index contributed by atoms with van der Waals surface area (Å²) in [4.78, 5) is 17.6. The van der Waals surface area contributed by atoms with Gasteiger partial charge in [-0.05, 0) is 65.7 Å². The van der Waals surface area contributed by atoms with Crippen molar-refractivity contribution in [2.24, 2.45) is 5.10 Å². The number of anilines is 2. The van der Waals surface area contributed by atoms with Gasteiger partial charge in [0, 0.05) is 27.8 Å². The van der Waals surface area contributed by atoms with E-state index in [4.69, 9.17) is 4.74 Å². The lowest BCUT2D eigenvalue weighted by molar-refractivity contribution is 0.0955. The first kappa shape index (κ1) is 27.8. The molecule has 43 heavy (non-hydrogen) atoms. The molecule has 0 fully saturated rings. The quantitative estimate of drug-likeness (QED) is 0.132.